The Hall–Kier alpha value is -0.940. The molecular formula is C11H20N4O. The lowest BCUT2D eigenvalue weighted by atomic mass is 9.98. The summed E-state index contributed by atoms with van der Waals surface area (Å²) in [4.78, 5) is 0. The Kier molecular flexibility index (Phi) is 3.90. The first kappa shape index (κ1) is 11.5. The molecule has 16 heavy (non-hydrogen) atoms. The van der Waals surface area contributed by atoms with Gasteiger partial charge >= 0.3 is 0 Å². The molecule has 0 fully saturated rings. The van der Waals surface area contributed by atoms with Gasteiger partial charge in [0.05, 0.1) is 6.61 Å². The summed E-state index contributed by atoms with van der Waals surface area (Å²) in [6.07, 6.45) is 2.97. The third-order valence-electron chi connectivity index (χ3n) is 3.14. The van der Waals surface area contributed by atoms with E-state index in [4.69, 9.17) is 10.5 Å². The van der Waals surface area contributed by atoms with Gasteiger partial charge in [-0.2, -0.15) is 0 Å². The highest BCUT2D eigenvalue weighted by molar-refractivity contribution is 5.00. The van der Waals surface area contributed by atoms with Crippen LogP contribution in [-0.4, -0.2) is 34.5 Å². The molecule has 0 saturated carbocycles. The number of nitrogens with two attached hydrogens (primary N) is 1. The fraction of sp³-hybridized carbons (Fsp3) is 0.818. The number of aromatic nitrogens is 3. The Labute approximate surface area is 96.0 Å². The van der Waals surface area contributed by atoms with Crippen LogP contribution >= 0.6 is 0 Å². The maximum atomic E-state index is 5.69. The van der Waals surface area contributed by atoms with Crippen molar-refractivity contribution in [1.29, 1.82) is 0 Å². The lowest BCUT2D eigenvalue weighted by Crippen LogP contribution is -2.26. The van der Waals surface area contributed by atoms with Crippen molar-refractivity contribution in [1.82, 2.24) is 14.8 Å². The monoisotopic (exact) mass is 224 g/mol. The predicted molar refractivity (Wildman–Crippen MR) is 61.1 cm³/mol. The summed E-state index contributed by atoms with van der Waals surface area (Å²) in [5.74, 6) is 2.73. The van der Waals surface area contributed by atoms with Crippen LogP contribution in [0.3, 0.4) is 0 Å². The second kappa shape index (κ2) is 5.41. The summed E-state index contributed by atoms with van der Waals surface area (Å²) in [5.41, 5.74) is 5.69. The molecule has 90 valence electrons. The average Bonchev–Trinajstić information content (AvgIpc) is 2.72. The van der Waals surface area contributed by atoms with E-state index in [0.29, 0.717) is 5.92 Å². The zero-order chi connectivity index (χ0) is 11.4. The lowest BCUT2D eigenvalue weighted by Gasteiger charge is -2.22. The zero-order valence-electron chi connectivity index (χ0n) is 9.85. The molecule has 1 aliphatic rings. The molecule has 1 atom stereocenters. The fourth-order valence-corrected chi connectivity index (χ4v) is 2.15. The normalized spacial score (nSPS) is 19.8. The minimum Gasteiger partial charge on any atom is -0.381 e. The van der Waals surface area contributed by atoms with Crippen molar-refractivity contribution in [2.75, 3.05) is 19.8 Å². The van der Waals surface area contributed by atoms with Gasteiger partial charge in [0, 0.05) is 26.0 Å². The van der Waals surface area contributed by atoms with E-state index in [9.17, 15) is 0 Å². The van der Waals surface area contributed by atoms with Gasteiger partial charge in [-0.15, -0.1) is 10.2 Å². The summed E-state index contributed by atoms with van der Waals surface area (Å²) in [6, 6.07) is 0. The van der Waals surface area contributed by atoms with Crippen LogP contribution in [0.2, 0.25) is 0 Å². The summed E-state index contributed by atoms with van der Waals surface area (Å²) < 4.78 is 7.57. The summed E-state index contributed by atoms with van der Waals surface area (Å²) in [6.45, 7) is 5.25. The highest BCUT2D eigenvalue weighted by Gasteiger charge is 2.21. The van der Waals surface area contributed by atoms with Gasteiger partial charge < -0.3 is 15.0 Å². The van der Waals surface area contributed by atoms with Crippen LogP contribution in [0.4, 0.5) is 0 Å². The van der Waals surface area contributed by atoms with Crippen molar-refractivity contribution < 1.29 is 4.74 Å². The van der Waals surface area contributed by atoms with Gasteiger partial charge in [0.25, 0.3) is 0 Å². The van der Waals surface area contributed by atoms with Crippen molar-refractivity contribution in [3.05, 3.63) is 11.6 Å². The second-order valence-electron chi connectivity index (χ2n) is 4.23. The maximum absolute atomic E-state index is 5.69. The van der Waals surface area contributed by atoms with Crippen molar-refractivity contribution in [3.8, 4) is 0 Å². The van der Waals surface area contributed by atoms with Crippen LogP contribution in [-0.2, 0) is 24.1 Å². The van der Waals surface area contributed by atoms with Gasteiger partial charge in [-0.1, -0.05) is 0 Å². The molecule has 0 saturated heterocycles. The summed E-state index contributed by atoms with van der Waals surface area (Å²) in [7, 11) is 0. The summed E-state index contributed by atoms with van der Waals surface area (Å²) in [5, 5.41) is 8.47. The average molecular weight is 224 g/mol. The molecule has 5 nitrogen and oxygen atoms in total. The molecular weight excluding hydrogens is 204 g/mol. The maximum Gasteiger partial charge on any atom is 0.135 e. The molecule has 0 amide bonds. The van der Waals surface area contributed by atoms with Gasteiger partial charge in [-0.3, -0.25) is 0 Å². The number of fused-ring (bicyclic) bond motifs is 1. The van der Waals surface area contributed by atoms with E-state index in [-0.39, 0.29) is 0 Å². The molecule has 0 aromatic carbocycles. The lowest BCUT2D eigenvalue weighted by molar-refractivity contribution is 0.148. The molecule has 2 rings (SSSR count). The van der Waals surface area contributed by atoms with E-state index in [2.05, 4.69) is 14.8 Å². The van der Waals surface area contributed by atoms with E-state index in [1.165, 1.54) is 0 Å². The Balaban J connectivity index is 1.99. The van der Waals surface area contributed by atoms with Crippen molar-refractivity contribution in [3.63, 3.8) is 0 Å². The van der Waals surface area contributed by atoms with Gasteiger partial charge in [0.15, 0.2) is 0 Å². The molecule has 0 bridgehead atoms. The van der Waals surface area contributed by atoms with Crippen LogP contribution < -0.4 is 5.73 Å². The molecule has 0 radical (unpaired) electrons. The fourth-order valence-electron chi connectivity index (χ4n) is 2.15. The predicted octanol–water partition coefficient (Wildman–Crippen LogP) is 0.378. The van der Waals surface area contributed by atoms with Crippen molar-refractivity contribution in [2.45, 2.75) is 32.7 Å². The number of rotatable bonds is 5. The highest BCUT2D eigenvalue weighted by atomic mass is 16.5. The topological polar surface area (TPSA) is 66.0 Å². The van der Waals surface area contributed by atoms with Crippen LogP contribution in [0.5, 0.6) is 0 Å². The Morgan fingerprint density at radius 3 is 3.12 bits per heavy atom. The second-order valence-corrected chi connectivity index (χ2v) is 4.23. The van der Waals surface area contributed by atoms with E-state index in [0.717, 1.165) is 57.2 Å². The van der Waals surface area contributed by atoms with Crippen molar-refractivity contribution in [2.24, 2.45) is 11.7 Å². The molecule has 0 aliphatic carbocycles. The molecule has 5 heteroatoms. The SMILES string of the molecule is CCOCCc1nnc2n1CCC(CN)C2. The Morgan fingerprint density at radius 1 is 1.50 bits per heavy atom. The quantitative estimate of drug-likeness (QED) is 0.734. The number of nitrogens with zero attached hydrogens (tertiary/aromatic N) is 3. The molecule has 0 spiro atoms. The van der Waals surface area contributed by atoms with E-state index < -0.39 is 0 Å². The largest absolute Gasteiger partial charge is 0.381 e. The first-order valence-electron chi connectivity index (χ1n) is 6.04. The smallest absolute Gasteiger partial charge is 0.135 e. The molecule has 2 heterocycles. The van der Waals surface area contributed by atoms with E-state index in [1.54, 1.807) is 0 Å². The first-order valence-corrected chi connectivity index (χ1v) is 6.04. The summed E-state index contributed by atoms with van der Waals surface area (Å²) >= 11 is 0. The van der Waals surface area contributed by atoms with Crippen LogP contribution in [0.25, 0.3) is 0 Å². The van der Waals surface area contributed by atoms with Gasteiger partial charge in [0.2, 0.25) is 0 Å². The highest BCUT2D eigenvalue weighted by Crippen LogP contribution is 2.19. The Morgan fingerprint density at radius 2 is 2.38 bits per heavy atom. The van der Waals surface area contributed by atoms with Crippen LogP contribution in [0, 0.1) is 5.92 Å². The van der Waals surface area contributed by atoms with Gasteiger partial charge in [0.1, 0.15) is 11.6 Å². The first-order chi connectivity index (χ1) is 7.85. The third-order valence-corrected chi connectivity index (χ3v) is 3.14. The standard InChI is InChI=1S/C11H20N4O/c1-2-16-6-4-10-13-14-11-7-9(8-12)3-5-15(10)11/h9H,2-8,12H2,1H3. The zero-order valence-corrected chi connectivity index (χ0v) is 9.85. The van der Waals surface area contributed by atoms with E-state index >= 15 is 0 Å². The molecule has 2 N–H and O–H groups in total. The number of hydrogen-bond donors (Lipinski definition) is 1. The van der Waals surface area contributed by atoms with Gasteiger partial charge in [-0.25, -0.2) is 0 Å². The minimum atomic E-state index is 0.580. The van der Waals surface area contributed by atoms with E-state index in [1.807, 2.05) is 6.92 Å². The van der Waals surface area contributed by atoms with Gasteiger partial charge in [-0.05, 0) is 25.8 Å². The van der Waals surface area contributed by atoms with Crippen LogP contribution in [0.1, 0.15) is 25.0 Å². The molecule has 1 aromatic heterocycles. The van der Waals surface area contributed by atoms with Crippen molar-refractivity contribution >= 4 is 0 Å². The molecule has 1 unspecified atom stereocenters. The molecule has 1 aromatic rings. The third kappa shape index (κ3) is 2.41. The Bertz CT molecular complexity index is 337. The molecule has 1 aliphatic heterocycles. The van der Waals surface area contributed by atoms with Crippen LogP contribution in [0.15, 0.2) is 0 Å². The number of ether oxygens (including phenoxy) is 1. The minimum absolute atomic E-state index is 0.580. The number of hydrogen-bond acceptors (Lipinski definition) is 4.